The fourth-order valence-electron chi connectivity index (χ4n) is 1.88. The summed E-state index contributed by atoms with van der Waals surface area (Å²) in [7, 11) is 0. The summed E-state index contributed by atoms with van der Waals surface area (Å²) in [5.74, 6) is 0.904. The van der Waals surface area contributed by atoms with E-state index in [1.165, 1.54) is 57.8 Å². The molecule has 0 aromatic carbocycles. The molecule has 0 aliphatic carbocycles. The molecule has 0 unspecified atom stereocenters. The van der Waals surface area contributed by atoms with E-state index in [-0.39, 0.29) is 0 Å². The Morgan fingerprint density at radius 1 is 0.722 bits per heavy atom. The molecule has 0 saturated carbocycles. The van der Waals surface area contributed by atoms with Gasteiger partial charge >= 0.3 is 0 Å². The first-order valence-corrected chi connectivity index (χ1v) is 8.33. The van der Waals surface area contributed by atoms with Crippen molar-refractivity contribution in [2.75, 3.05) is 0 Å². The van der Waals surface area contributed by atoms with Crippen molar-refractivity contribution in [3.63, 3.8) is 0 Å². The van der Waals surface area contributed by atoms with E-state index >= 15 is 0 Å². The third kappa shape index (κ3) is 25.0. The first-order valence-electron chi connectivity index (χ1n) is 8.33. The van der Waals surface area contributed by atoms with Crippen molar-refractivity contribution < 1.29 is 0 Å². The summed E-state index contributed by atoms with van der Waals surface area (Å²) in [6.45, 7) is 16.0. The molecule has 0 N–H and O–H groups in total. The van der Waals surface area contributed by atoms with Gasteiger partial charge in [0.1, 0.15) is 0 Å². The third-order valence-corrected chi connectivity index (χ3v) is 3.17. The lowest BCUT2D eigenvalue weighted by atomic mass is 9.90. The van der Waals surface area contributed by atoms with Crippen LogP contribution in [0.3, 0.4) is 0 Å². The van der Waals surface area contributed by atoms with Crippen molar-refractivity contribution in [1.29, 1.82) is 0 Å². The Morgan fingerprint density at radius 3 is 1.61 bits per heavy atom. The summed E-state index contributed by atoms with van der Waals surface area (Å²) in [6, 6.07) is 0. The molecule has 0 atom stereocenters. The van der Waals surface area contributed by atoms with Gasteiger partial charge in [-0.05, 0) is 17.8 Å². The van der Waals surface area contributed by atoms with Crippen LogP contribution in [0.2, 0.25) is 0 Å². The molecule has 0 saturated heterocycles. The van der Waals surface area contributed by atoms with Crippen LogP contribution in [0.25, 0.3) is 0 Å². The van der Waals surface area contributed by atoms with E-state index in [1.54, 1.807) is 0 Å². The van der Waals surface area contributed by atoms with Crippen LogP contribution >= 0.6 is 0 Å². The van der Waals surface area contributed by atoms with Gasteiger partial charge in [-0.3, -0.25) is 0 Å². The maximum absolute atomic E-state index is 2.31. The molecule has 0 fully saturated rings. The molecule has 0 radical (unpaired) electrons. The molecule has 0 aromatic rings. The molecule has 0 aliphatic rings. The maximum Gasteiger partial charge on any atom is -0.0383 e. The molecule has 0 heteroatoms. The first kappa shape index (κ1) is 20.3. The SMILES string of the molecule is CCCCCC(C)(C)C.CCCCCCC(C)C. The van der Waals surface area contributed by atoms with Crippen LogP contribution in [-0.2, 0) is 0 Å². The molecule has 0 spiro atoms. The van der Waals surface area contributed by atoms with Crippen molar-refractivity contribution >= 4 is 0 Å². The van der Waals surface area contributed by atoms with Crippen molar-refractivity contribution in [3.05, 3.63) is 0 Å². The summed E-state index contributed by atoms with van der Waals surface area (Å²) in [5, 5.41) is 0. The zero-order valence-corrected chi connectivity index (χ0v) is 14.4. The van der Waals surface area contributed by atoms with Crippen LogP contribution in [0.5, 0.6) is 0 Å². The lowest BCUT2D eigenvalue weighted by Gasteiger charge is -2.16. The van der Waals surface area contributed by atoms with E-state index < -0.39 is 0 Å². The average Bonchev–Trinajstić information content (AvgIpc) is 2.24. The summed E-state index contributed by atoms with van der Waals surface area (Å²) >= 11 is 0. The molecule has 0 aliphatic heterocycles. The van der Waals surface area contributed by atoms with E-state index in [0.717, 1.165) is 5.92 Å². The number of hydrogen-bond donors (Lipinski definition) is 0. The highest BCUT2D eigenvalue weighted by Crippen LogP contribution is 2.21. The van der Waals surface area contributed by atoms with Crippen LogP contribution in [-0.4, -0.2) is 0 Å². The fourth-order valence-corrected chi connectivity index (χ4v) is 1.88. The largest absolute Gasteiger partial charge is 0.0654 e. The molecule has 0 nitrogen and oxygen atoms in total. The van der Waals surface area contributed by atoms with Gasteiger partial charge in [0.25, 0.3) is 0 Å². The maximum atomic E-state index is 2.31. The Kier molecular flexibility index (Phi) is 15.2. The van der Waals surface area contributed by atoms with E-state index in [0.29, 0.717) is 5.41 Å². The topological polar surface area (TPSA) is 0 Å². The number of hydrogen-bond acceptors (Lipinski definition) is 0. The van der Waals surface area contributed by atoms with Gasteiger partial charge in [0.15, 0.2) is 0 Å². The quantitative estimate of drug-likeness (QED) is 0.402. The van der Waals surface area contributed by atoms with Gasteiger partial charge in [-0.1, -0.05) is 99.8 Å². The fraction of sp³-hybridized carbons (Fsp3) is 1.00. The van der Waals surface area contributed by atoms with Gasteiger partial charge in [0.2, 0.25) is 0 Å². The normalized spacial score (nSPS) is 11.3. The van der Waals surface area contributed by atoms with Gasteiger partial charge in [-0.25, -0.2) is 0 Å². The van der Waals surface area contributed by atoms with Crippen molar-refractivity contribution in [3.8, 4) is 0 Å². The zero-order chi connectivity index (χ0) is 14.4. The van der Waals surface area contributed by atoms with Gasteiger partial charge in [-0.2, -0.15) is 0 Å². The highest BCUT2D eigenvalue weighted by molar-refractivity contribution is 4.60. The van der Waals surface area contributed by atoms with E-state index in [9.17, 15) is 0 Å². The van der Waals surface area contributed by atoms with Crippen LogP contribution in [0, 0.1) is 11.3 Å². The third-order valence-electron chi connectivity index (χ3n) is 3.17. The Labute approximate surface area is 118 Å². The van der Waals surface area contributed by atoms with Gasteiger partial charge in [0.05, 0.1) is 0 Å². The molecule has 0 aromatic heterocycles. The van der Waals surface area contributed by atoms with E-state index in [4.69, 9.17) is 0 Å². The highest BCUT2D eigenvalue weighted by Gasteiger charge is 2.07. The van der Waals surface area contributed by atoms with Crippen LogP contribution in [0.1, 0.15) is 106 Å². The van der Waals surface area contributed by atoms with Crippen molar-refractivity contribution in [2.45, 2.75) is 106 Å². The second-order valence-electron chi connectivity index (χ2n) is 7.26. The Balaban J connectivity index is 0. The molecule has 0 amide bonds. The molecule has 112 valence electrons. The second kappa shape index (κ2) is 13.4. The Hall–Kier alpha value is 0. The number of rotatable bonds is 8. The molecule has 0 rings (SSSR count). The zero-order valence-electron chi connectivity index (χ0n) is 14.4. The second-order valence-corrected chi connectivity index (χ2v) is 7.26. The lowest BCUT2D eigenvalue weighted by molar-refractivity contribution is 0.359. The standard InChI is InChI=1S/2C9H20/c1-5-6-7-8-9(2,3)4;1-4-5-6-7-8-9(2)3/h5-8H2,1-4H3;9H,4-8H2,1-3H3. The van der Waals surface area contributed by atoms with Crippen molar-refractivity contribution in [2.24, 2.45) is 11.3 Å². The molecule has 0 bridgehead atoms. The molecular formula is C18H40. The van der Waals surface area contributed by atoms with E-state index in [1.807, 2.05) is 0 Å². The summed E-state index contributed by atoms with van der Waals surface area (Å²) in [5.41, 5.74) is 0.551. The summed E-state index contributed by atoms with van der Waals surface area (Å²) in [6.07, 6.45) is 12.6. The minimum atomic E-state index is 0.551. The molecule has 0 heterocycles. The van der Waals surface area contributed by atoms with E-state index in [2.05, 4.69) is 48.5 Å². The van der Waals surface area contributed by atoms with Crippen molar-refractivity contribution in [1.82, 2.24) is 0 Å². The predicted octanol–water partition coefficient (Wildman–Crippen LogP) is 7.23. The molecule has 18 heavy (non-hydrogen) atoms. The monoisotopic (exact) mass is 256 g/mol. The summed E-state index contributed by atoms with van der Waals surface area (Å²) < 4.78 is 0. The first-order chi connectivity index (χ1) is 8.33. The van der Waals surface area contributed by atoms with Crippen LogP contribution in [0.4, 0.5) is 0 Å². The predicted molar refractivity (Wildman–Crippen MR) is 87.2 cm³/mol. The minimum absolute atomic E-state index is 0.551. The summed E-state index contributed by atoms with van der Waals surface area (Å²) in [4.78, 5) is 0. The minimum Gasteiger partial charge on any atom is -0.0654 e. The number of unbranched alkanes of at least 4 members (excludes halogenated alkanes) is 5. The smallest absolute Gasteiger partial charge is 0.0383 e. The highest BCUT2D eigenvalue weighted by atomic mass is 14.1. The van der Waals surface area contributed by atoms with Gasteiger partial charge in [-0.15, -0.1) is 0 Å². The average molecular weight is 257 g/mol. The van der Waals surface area contributed by atoms with Gasteiger partial charge < -0.3 is 0 Å². The Bertz CT molecular complexity index is 139. The van der Waals surface area contributed by atoms with Gasteiger partial charge in [0, 0.05) is 0 Å². The molecular weight excluding hydrogens is 216 g/mol. The van der Waals surface area contributed by atoms with Crippen LogP contribution < -0.4 is 0 Å². The van der Waals surface area contributed by atoms with Crippen LogP contribution in [0.15, 0.2) is 0 Å². The Morgan fingerprint density at radius 2 is 1.22 bits per heavy atom. The lowest BCUT2D eigenvalue weighted by Crippen LogP contribution is -2.03.